The Labute approximate surface area is 113 Å². The minimum Gasteiger partial charge on any atom is -0.347 e. The first-order valence-electron chi connectivity index (χ1n) is 6.69. The third-order valence-electron chi connectivity index (χ3n) is 3.55. The molecule has 1 saturated heterocycles. The Kier molecular flexibility index (Phi) is 4.49. The summed E-state index contributed by atoms with van der Waals surface area (Å²) in [5, 5.41) is 10.8. The fraction of sp³-hybridized carbons (Fsp3) is 0.750. The summed E-state index contributed by atoms with van der Waals surface area (Å²) in [6.07, 6.45) is 2.61. The average Bonchev–Trinajstić information content (AvgIpc) is 2.82. The molecule has 106 valence electrons. The Hall–Kier alpha value is -1.47. The molecule has 0 bridgehead atoms. The molecule has 0 spiro atoms. The molecule has 0 radical (unpaired) electrons. The van der Waals surface area contributed by atoms with E-state index in [9.17, 15) is 4.79 Å². The highest BCUT2D eigenvalue weighted by molar-refractivity contribution is 5.92. The second-order valence-corrected chi connectivity index (χ2v) is 5.26. The molecule has 2 rings (SSSR count). The number of likely N-dealkylation sites (tertiary alicyclic amines) is 1. The number of hydrogen-bond donors (Lipinski definition) is 2. The van der Waals surface area contributed by atoms with Crippen molar-refractivity contribution in [3.63, 3.8) is 0 Å². The lowest BCUT2D eigenvalue weighted by Crippen LogP contribution is -2.48. The zero-order valence-corrected chi connectivity index (χ0v) is 11.5. The number of aromatic nitrogens is 3. The minimum absolute atomic E-state index is 0.148. The third kappa shape index (κ3) is 3.51. The summed E-state index contributed by atoms with van der Waals surface area (Å²) in [4.78, 5) is 14.4. The number of hydrogen-bond acceptors (Lipinski definition) is 5. The van der Waals surface area contributed by atoms with Crippen molar-refractivity contribution in [1.82, 2.24) is 25.2 Å². The standard InChI is InChI=1S/C12H22N6O/c1-9-7-17(2)5-3-10(9)14-12(19)11-8-18(6-4-13)16-15-11/h8-10H,3-7,13H2,1-2H3,(H,14,19). The maximum absolute atomic E-state index is 12.1. The van der Waals surface area contributed by atoms with Gasteiger partial charge in [-0.3, -0.25) is 9.48 Å². The normalized spacial score (nSPS) is 24.4. The van der Waals surface area contributed by atoms with Gasteiger partial charge in [0.25, 0.3) is 5.91 Å². The molecule has 2 unspecified atom stereocenters. The summed E-state index contributed by atoms with van der Waals surface area (Å²) in [6.45, 7) is 5.23. The van der Waals surface area contributed by atoms with Crippen molar-refractivity contribution in [2.45, 2.75) is 25.9 Å². The summed E-state index contributed by atoms with van der Waals surface area (Å²) in [7, 11) is 2.10. The number of carbonyl (C=O) groups is 1. The van der Waals surface area contributed by atoms with Crippen molar-refractivity contribution >= 4 is 5.91 Å². The van der Waals surface area contributed by atoms with Crippen LogP contribution in [0.1, 0.15) is 23.8 Å². The fourth-order valence-electron chi connectivity index (χ4n) is 2.45. The monoisotopic (exact) mass is 266 g/mol. The van der Waals surface area contributed by atoms with Crippen molar-refractivity contribution in [1.29, 1.82) is 0 Å². The van der Waals surface area contributed by atoms with Gasteiger partial charge < -0.3 is 16.0 Å². The Morgan fingerprint density at radius 2 is 2.42 bits per heavy atom. The van der Waals surface area contributed by atoms with Gasteiger partial charge in [0, 0.05) is 19.1 Å². The lowest BCUT2D eigenvalue weighted by Gasteiger charge is -2.34. The molecule has 0 aromatic carbocycles. The lowest BCUT2D eigenvalue weighted by atomic mass is 9.94. The van der Waals surface area contributed by atoms with Crippen LogP contribution in [0.15, 0.2) is 6.20 Å². The quantitative estimate of drug-likeness (QED) is 0.753. The molecular formula is C12H22N6O. The van der Waals surface area contributed by atoms with Gasteiger partial charge in [-0.2, -0.15) is 0 Å². The largest absolute Gasteiger partial charge is 0.347 e. The van der Waals surface area contributed by atoms with Gasteiger partial charge in [0.1, 0.15) is 0 Å². The van der Waals surface area contributed by atoms with Gasteiger partial charge in [0.05, 0.1) is 12.7 Å². The minimum atomic E-state index is -0.148. The van der Waals surface area contributed by atoms with E-state index in [4.69, 9.17) is 5.73 Å². The predicted octanol–water partition coefficient (Wildman–Crippen LogP) is -0.693. The van der Waals surface area contributed by atoms with Crippen LogP contribution in [0.2, 0.25) is 0 Å². The average molecular weight is 266 g/mol. The summed E-state index contributed by atoms with van der Waals surface area (Å²) < 4.78 is 1.59. The summed E-state index contributed by atoms with van der Waals surface area (Å²) in [5.74, 6) is 0.298. The molecule has 19 heavy (non-hydrogen) atoms. The number of carbonyl (C=O) groups excluding carboxylic acids is 1. The summed E-state index contributed by atoms with van der Waals surface area (Å²) >= 11 is 0. The van der Waals surface area contributed by atoms with Crippen LogP contribution in [0.5, 0.6) is 0 Å². The van der Waals surface area contributed by atoms with Gasteiger partial charge in [-0.05, 0) is 25.9 Å². The van der Waals surface area contributed by atoms with Crippen LogP contribution in [0, 0.1) is 5.92 Å². The molecule has 0 aliphatic carbocycles. The van der Waals surface area contributed by atoms with E-state index in [1.807, 2.05) is 0 Å². The molecule has 7 nitrogen and oxygen atoms in total. The van der Waals surface area contributed by atoms with Crippen molar-refractivity contribution in [2.24, 2.45) is 11.7 Å². The van der Waals surface area contributed by atoms with E-state index < -0.39 is 0 Å². The fourth-order valence-corrected chi connectivity index (χ4v) is 2.45. The van der Waals surface area contributed by atoms with Gasteiger partial charge in [0.15, 0.2) is 5.69 Å². The van der Waals surface area contributed by atoms with E-state index >= 15 is 0 Å². The van der Waals surface area contributed by atoms with E-state index in [0.29, 0.717) is 24.7 Å². The molecular weight excluding hydrogens is 244 g/mol. The van der Waals surface area contributed by atoms with Crippen LogP contribution in [0.25, 0.3) is 0 Å². The molecule has 3 N–H and O–H groups in total. The van der Waals surface area contributed by atoms with Crippen molar-refractivity contribution in [3.8, 4) is 0 Å². The second kappa shape index (κ2) is 6.12. The highest BCUT2D eigenvalue weighted by Gasteiger charge is 2.26. The highest BCUT2D eigenvalue weighted by Crippen LogP contribution is 2.15. The molecule has 2 atom stereocenters. The molecule has 1 fully saturated rings. The van der Waals surface area contributed by atoms with Crippen LogP contribution in [0.4, 0.5) is 0 Å². The van der Waals surface area contributed by atoms with Gasteiger partial charge in [-0.15, -0.1) is 5.10 Å². The van der Waals surface area contributed by atoms with Crippen LogP contribution in [-0.2, 0) is 6.54 Å². The number of nitrogens with one attached hydrogen (secondary N) is 1. The lowest BCUT2D eigenvalue weighted by molar-refractivity contribution is 0.0878. The van der Waals surface area contributed by atoms with Gasteiger partial charge in [-0.1, -0.05) is 12.1 Å². The summed E-state index contributed by atoms with van der Waals surface area (Å²) in [5.41, 5.74) is 5.79. The molecule has 1 aromatic heterocycles. The molecule has 2 heterocycles. The molecule has 1 amide bonds. The Balaban J connectivity index is 1.92. The van der Waals surface area contributed by atoms with Crippen LogP contribution in [0.3, 0.4) is 0 Å². The van der Waals surface area contributed by atoms with E-state index in [1.54, 1.807) is 10.9 Å². The van der Waals surface area contributed by atoms with E-state index in [1.165, 1.54) is 0 Å². The van der Waals surface area contributed by atoms with E-state index in [-0.39, 0.29) is 11.9 Å². The Morgan fingerprint density at radius 3 is 3.11 bits per heavy atom. The maximum Gasteiger partial charge on any atom is 0.273 e. The first-order chi connectivity index (χ1) is 9.10. The zero-order valence-electron chi connectivity index (χ0n) is 11.5. The number of nitrogens with two attached hydrogens (primary N) is 1. The topological polar surface area (TPSA) is 89.1 Å². The molecule has 0 saturated carbocycles. The van der Waals surface area contributed by atoms with Crippen molar-refractivity contribution in [2.75, 3.05) is 26.7 Å². The van der Waals surface area contributed by atoms with Crippen molar-refractivity contribution in [3.05, 3.63) is 11.9 Å². The highest BCUT2D eigenvalue weighted by atomic mass is 16.2. The molecule has 7 heteroatoms. The first-order valence-corrected chi connectivity index (χ1v) is 6.69. The molecule has 1 aliphatic rings. The van der Waals surface area contributed by atoms with E-state index in [2.05, 4.69) is 34.5 Å². The van der Waals surface area contributed by atoms with Crippen LogP contribution in [-0.4, -0.2) is 58.5 Å². The number of rotatable bonds is 4. The molecule has 1 aliphatic heterocycles. The van der Waals surface area contributed by atoms with Crippen LogP contribution < -0.4 is 11.1 Å². The zero-order chi connectivity index (χ0) is 13.8. The third-order valence-corrected chi connectivity index (χ3v) is 3.55. The predicted molar refractivity (Wildman–Crippen MR) is 71.6 cm³/mol. The van der Waals surface area contributed by atoms with E-state index in [0.717, 1.165) is 19.5 Å². The van der Waals surface area contributed by atoms with Gasteiger partial charge in [-0.25, -0.2) is 0 Å². The Morgan fingerprint density at radius 1 is 1.63 bits per heavy atom. The first kappa shape index (κ1) is 14.0. The van der Waals surface area contributed by atoms with Gasteiger partial charge >= 0.3 is 0 Å². The summed E-state index contributed by atoms with van der Waals surface area (Å²) in [6, 6.07) is 0.211. The van der Waals surface area contributed by atoms with Gasteiger partial charge in [0.2, 0.25) is 0 Å². The van der Waals surface area contributed by atoms with Crippen molar-refractivity contribution < 1.29 is 4.79 Å². The maximum atomic E-state index is 12.1. The number of amides is 1. The second-order valence-electron chi connectivity index (χ2n) is 5.26. The Bertz CT molecular complexity index is 432. The SMILES string of the molecule is CC1CN(C)CCC1NC(=O)c1cn(CCN)nn1. The smallest absolute Gasteiger partial charge is 0.273 e. The number of nitrogens with zero attached hydrogens (tertiary/aromatic N) is 4. The number of piperidine rings is 1. The molecule has 1 aromatic rings. The van der Waals surface area contributed by atoms with Crippen LogP contribution >= 0.6 is 0 Å².